The molecular formula is C21H23N3O3S2. The van der Waals surface area contributed by atoms with Crippen LogP contribution in [-0.4, -0.2) is 36.8 Å². The van der Waals surface area contributed by atoms with E-state index >= 15 is 0 Å². The van der Waals surface area contributed by atoms with Crippen molar-refractivity contribution in [3.63, 3.8) is 0 Å². The Labute approximate surface area is 176 Å². The van der Waals surface area contributed by atoms with E-state index in [1.165, 1.54) is 10.4 Å². The van der Waals surface area contributed by atoms with Gasteiger partial charge in [-0.3, -0.25) is 10.1 Å². The van der Waals surface area contributed by atoms with Crippen LogP contribution in [-0.2, 0) is 14.8 Å². The lowest BCUT2D eigenvalue weighted by Crippen LogP contribution is -2.35. The van der Waals surface area contributed by atoms with Crippen molar-refractivity contribution < 1.29 is 13.2 Å². The summed E-state index contributed by atoms with van der Waals surface area (Å²) in [6.45, 7) is 1.13. The molecule has 0 atom stereocenters. The molecule has 0 spiro atoms. The molecule has 1 aliphatic heterocycles. The van der Waals surface area contributed by atoms with Gasteiger partial charge >= 0.3 is 0 Å². The molecule has 152 valence electrons. The molecule has 29 heavy (non-hydrogen) atoms. The van der Waals surface area contributed by atoms with E-state index in [-0.39, 0.29) is 15.9 Å². The van der Waals surface area contributed by atoms with Crippen LogP contribution < -0.4 is 10.6 Å². The Morgan fingerprint density at radius 1 is 0.966 bits per heavy atom. The van der Waals surface area contributed by atoms with Gasteiger partial charge in [0.25, 0.3) is 0 Å². The summed E-state index contributed by atoms with van der Waals surface area (Å²) in [4.78, 5) is 12.2. The van der Waals surface area contributed by atoms with Crippen molar-refractivity contribution in [3.8, 4) is 0 Å². The summed E-state index contributed by atoms with van der Waals surface area (Å²) in [5, 5.41) is 5.59. The minimum absolute atomic E-state index is 0.138. The normalized spacial score (nSPS) is 15.2. The lowest BCUT2D eigenvalue weighted by molar-refractivity contribution is -0.115. The van der Waals surface area contributed by atoms with Crippen LogP contribution in [0.5, 0.6) is 0 Å². The fourth-order valence-corrected chi connectivity index (χ4v) is 4.75. The fourth-order valence-electron chi connectivity index (χ4n) is 3.02. The second-order valence-electron chi connectivity index (χ2n) is 6.68. The summed E-state index contributed by atoms with van der Waals surface area (Å²) in [5.74, 6) is -0.351. The maximum absolute atomic E-state index is 12.7. The summed E-state index contributed by atoms with van der Waals surface area (Å²) >= 11 is 5.15. The van der Waals surface area contributed by atoms with E-state index in [1.54, 1.807) is 30.3 Å². The van der Waals surface area contributed by atoms with E-state index in [9.17, 15) is 13.2 Å². The van der Waals surface area contributed by atoms with Gasteiger partial charge in [0.05, 0.1) is 4.90 Å². The smallest absolute Gasteiger partial charge is 0.250 e. The van der Waals surface area contributed by atoms with E-state index < -0.39 is 10.0 Å². The number of thiocarbonyl (C=S) groups is 1. The zero-order chi connectivity index (χ0) is 20.7. The molecule has 1 fully saturated rings. The van der Waals surface area contributed by atoms with Crippen molar-refractivity contribution in [1.82, 2.24) is 9.62 Å². The van der Waals surface area contributed by atoms with Crippen molar-refractivity contribution in [2.45, 2.75) is 24.2 Å². The number of amides is 1. The zero-order valence-electron chi connectivity index (χ0n) is 15.9. The average molecular weight is 430 g/mol. The highest BCUT2D eigenvalue weighted by atomic mass is 32.2. The summed E-state index contributed by atoms with van der Waals surface area (Å²) in [7, 11) is -3.47. The zero-order valence-corrected chi connectivity index (χ0v) is 17.5. The average Bonchev–Trinajstić information content (AvgIpc) is 2.74. The van der Waals surface area contributed by atoms with Crippen LogP contribution in [0.4, 0.5) is 5.69 Å². The number of hydrogen-bond donors (Lipinski definition) is 2. The molecule has 1 saturated heterocycles. The first-order valence-corrected chi connectivity index (χ1v) is 11.3. The van der Waals surface area contributed by atoms with Crippen LogP contribution in [0.1, 0.15) is 24.8 Å². The van der Waals surface area contributed by atoms with E-state index in [0.29, 0.717) is 18.8 Å². The van der Waals surface area contributed by atoms with Crippen molar-refractivity contribution in [1.29, 1.82) is 0 Å². The SMILES string of the molecule is O=C(C=Cc1ccccc1)NC(=S)Nc1ccc(S(=O)(=O)N2CCCCC2)cc1. The van der Waals surface area contributed by atoms with Crippen LogP contribution in [0.2, 0.25) is 0 Å². The minimum atomic E-state index is -3.47. The summed E-state index contributed by atoms with van der Waals surface area (Å²) in [6, 6.07) is 15.8. The molecule has 0 saturated carbocycles. The number of carbonyl (C=O) groups excluding carboxylic acids is 1. The van der Waals surface area contributed by atoms with Gasteiger partial charge in [0.2, 0.25) is 15.9 Å². The second-order valence-corrected chi connectivity index (χ2v) is 9.02. The fraction of sp³-hybridized carbons (Fsp3) is 0.238. The van der Waals surface area contributed by atoms with Crippen LogP contribution in [0.25, 0.3) is 6.08 Å². The number of anilines is 1. The number of nitrogens with zero attached hydrogens (tertiary/aromatic N) is 1. The maximum Gasteiger partial charge on any atom is 0.250 e. The van der Waals surface area contributed by atoms with Crippen molar-refractivity contribution in [2.75, 3.05) is 18.4 Å². The van der Waals surface area contributed by atoms with Gasteiger partial charge in [0.1, 0.15) is 0 Å². The van der Waals surface area contributed by atoms with E-state index in [1.807, 2.05) is 30.3 Å². The molecule has 0 aromatic heterocycles. The Kier molecular flexibility index (Phi) is 7.13. The molecule has 2 aromatic carbocycles. The molecule has 2 N–H and O–H groups in total. The van der Waals surface area contributed by atoms with Gasteiger partial charge in [-0.05, 0) is 61.0 Å². The Hall–Kier alpha value is -2.55. The van der Waals surface area contributed by atoms with E-state index in [0.717, 1.165) is 24.8 Å². The van der Waals surface area contributed by atoms with Gasteiger partial charge < -0.3 is 5.32 Å². The third-order valence-electron chi connectivity index (χ3n) is 4.53. The Balaban J connectivity index is 1.55. The van der Waals surface area contributed by atoms with Gasteiger partial charge in [0.15, 0.2) is 5.11 Å². The van der Waals surface area contributed by atoms with Crippen LogP contribution >= 0.6 is 12.2 Å². The first kappa shape index (κ1) is 21.2. The molecule has 1 amide bonds. The molecule has 0 unspecified atom stereocenters. The lowest BCUT2D eigenvalue weighted by atomic mass is 10.2. The van der Waals surface area contributed by atoms with Gasteiger partial charge in [-0.2, -0.15) is 4.31 Å². The molecule has 6 nitrogen and oxygen atoms in total. The molecule has 3 rings (SSSR count). The van der Waals surface area contributed by atoms with Crippen molar-refractivity contribution in [2.24, 2.45) is 0 Å². The summed E-state index contributed by atoms with van der Waals surface area (Å²) in [6.07, 6.45) is 5.95. The van der Waals surface area contributed by atoms with Crippen LogP contribution in [0, 0.1) is 0 Å². The maximum atomic E-state index is 12.7. The quantitative estimate of drug-likeness (QED) is 0.563. The number of piperidine rings is 1. The predicted molar refractivity (Wildman–Crippen MR) is 119 cm³/mol. The molecule has 1 heterocycles. The second kappa shape index (κ2) is 9.78. The Morgan fingerprint density at radius 3 is 2.28 bits per heavy atom. The lowest BCUT2D eigenvalue weighted by Gasteiger charge is -2.25. The number of hydrogen-bond acceptors (Lipinski definition) is 4. The topological polar surface area (TPSA) is 78.5 Å². The molecule has 2 aromatic rings. The van der Waals surface area contributed by atoms with Gasteiger partial charge in [-0.25, -0.2) is 8.42 Å². The van der Waals surface area contributed by atoms with E-state index in [2.05, 4.69) is 10.6 Å². The molecule has 8 heteroatoms. The first-order valence-electron chi connectivity index (χ1n) is 9.40. The number of sulfonamides is 1. The molecular weight excluding hydrogens is 406 g/mol. The third kappa shape index (κ3) is 5.96. The minimum Gasteiger partial charge on any atom is -0.332 e. The molecule has 1 aliphatic rings. The number of rotatable bonds is 5. The first-order chi connectivity index (χ1) is 13.9. The standard InChI is InChI=1S/C21H23N3O3S2/c25-20(14-9-17-7-3-1-4-8-17)23-21(28)22-18-10-12-19(13-11-18)29(26,27)24-15-5-2-6-16-24/h1,3-4,7-14H,2,5-6,15-16H2,(H2,22,23,25,28). The van der Waals surface area contributed by atoms with Gasteiger partial charge in [-0.15, -0.1) is 0 Å². The van der Waals surface area contributed by atoms with Gasteiger partial charge in [0, 0.05) is 24.9 Å². The molecule has 0 radical (unpaired) electrons. The van der Waals surface area contributed by atoms with Crippen molar-refractivity contribution >= 4 is 45.0 Å². The molecule has 0 bridgehead atoms. The summed E-state index contributed by atoms with van der Waals surface area (Å²) in [5.41, 5.74) is 1.51. The van der Waals surface area contributed by atoms with Gasteiger partial charge in [-0.1, -0.05) is 36.8 Å². The Bertz CT molecular complexity index is 982. The van der Waals surface area contributed by atoms with E-state index in [4.69, 9.17) is 12.2 Å². The molecule has 0 aliphatic carbocycles. The highest BCUT2D eigenvalue weighted by Gasteiger charge is 2.25. The highest BCUT2D eigenvalue weighted by molar-refractivity contribution is 7.89. The Morgan fingerprint density at radius 2 is 1.62 bits per heavy atom. The monoisotopic (exact) mass is 429 g/mol. The van der Waals surface area contributed by atoms with Crippen LogP contribution in [0.3, 0.4) is 0 Å². The third-order valence-corrected chi connectivity index (χ3v) is 6.65. The number of carbonyl (C=O) groups is 1. The highest BCUT2D eigenvalue weighted by Crippen LogP contribution is 2.21. The van der Waals surface area contributed by atoms with Crippen molar-refractivity contribution in [3.05, 3.63) is 66.2 Å². The summed E-state index contributed by atoms with van der Waals surface area (Å²) < 4.78 is 26.9. The number of nitrogens with one attached hydrogen (secondary N) is 2. The predicted octanol–water partition coefficient (Wildman–Crippen LogP) is 3.39. The number of benzene rings is 2. The largest absolute Gasteiger partial charge is 0.332 e. The van der Waals surface area contributed by atoms with Crippen LogP contribution in [0.15, 0.2) is 65.6 Å².